The first kappa shape index (κ1) is 13.9. The van der Waals surface area contributed by atoms with Crippen LogP contribution in [0.1, 0.15) is 5.56 Å². The summed E-state index contributed by atoms with van der Waals surface area (Å²) in [5, 5.41) is 21.6. The van der Waals surface area contributed by atoms with Gasteiger partial charge in [0.15, 0.2) is 5.65 Å². The third-order valence-electron chi connectivity index (χ3n) is 3.66. The molecule has 0 saturated heterocycles. The Morgan fingerprint density at radius 3 is 2.71 bits per heavy atom. The molecule has 0 atom stereocenters. The summed E-state index contributed by atoms with van der Waals surface area (Å²) in [4.78, 5) is 8.61. The van der Waals surface area contributed by atoms with E-state index in [1.54, 1.807) is 22.6 Å². The van der Waals surface area contributed by atoms with Crippen molar-refractivity contribution in [3.8, 4) is 11.8 Å². The topological polar surface area (TPSA) is 97.2 Å². The summed E-state index contributed by atoms with van der Waals surface area (Å²) < 4.78 is 3.34. The van der Waals surface area contributed by atoms with Crippen LogP contribution in [-0.4, -0.2) is 29.5 Å². The van der Waals surface area contributed by atoms with Crippen LogP contribution in [0.3, 0.4) is 0 Å². The number of rotatable bonds is 3. The van der Waals surface area contributed by atoms with E-state index in [2.05, 4.69) is 31.6 Å². The van der Waals surface area contributed by atoms with Crippen LogP contribution < -0.4 is 5.32 Å². The first-order valence-corrected chi connectivity index (χ1v) is 7.21. The van der Waals surface area contributed by atoms with E-state index in [1.165, 1.54) is 12.5 Å². The summed E-state index contributed by atoms with van der Waals surface area (Å²) in [5.74, 6) is 1.15. The van der Waals surface area contributed by atoms with E-state index in [0.29, 0.717) is 22.8 Å². The lowest BCUT2D eigenvalue weighted by molar-refractivity contribution is 0.776. The molecule has 0 unspecified atom stereocenters. The van der Waals surface area contributed by atoms with Crippen LogP contribution in [0.5, 0.6) is 0 Å². The average molecular weight is 316 g/mol. The zero-order chi connectivity index (χ0) is 16.5. The Labute approximate surface area is 137 Å². The van der Waals surface area contributed by atoms with Gasteiger partial charge in [-0.3, -0.25) is 4.68 Å². The molecule has 4 aromatic rings. The number of aromatic nitrogens is 6. The SMILES string of the molecule is Cn1ncc(C#N)c1Nc1ncnc2c1cnn2-c1ccccc1. The van der Waals surface area contributed by atoms with Crippen LogP contribution in [0.15, 0.2) is 49.1 Å². The Hall–Kier alpha value is -3.73. The quantitative estimate of drug-likeness (QED) is 0.622. The maximum absolute atomic E-state index is 9.18. The van der Waals surface area contributed by atoms with Crippen molar-refractivity contribution in [3.63, 3.8) is 0 Å². The standard InChI is InChI=1S/C16H12N8/c1-23-15(11(7-17)8-20-23)22-14-13-9-21-24(16(13)19-10-18-14)12-5-3-2-4-6-12/h2-6,8-10H,1H3,(H,18,19,22). The van der Waals surface area contributed by atoms with Crippen LogP contribution in [-0.2, 0) is 7.05 Å². The van der Waals surface area contributed by atoms with Crippen LogP contribution in [0.4, 0.5) is 11.6 Å². The molecule has 4 rings (SSSR count). The van der Waals surface area contributed by atoms with Gasteiger partial charge in [0.25, 0.3) is 0 Å². The molecule has 0 aliphatic rings. The lowest BCUT2D eigenvalue weighted by Gasteiger charge is -2.07. The number of nitrogens with zero attached hydrogens (tertiary/aromatic N) is 7. The van der Waals surface area contributed by atoms with E-state index < -0.39 is 0 Å². The molecule has 0 spiro atoms. The van der Waals surface area contributed by atoms with Crippen molar-refractivity contribution in [2.45, 2.75) is 0 Å². The zero-order valence-corrected chi connectivity index (χ0v) is 12.7. The Morgan fingerprint density at radius 2 is 1.92 bits per heavy atom. The summed E-state index contributed by atoms with van der Waals surface area (Å²) in [7, 11) is 1.76. The Bertz CT molecular complexity index is 1050. The summed E-state index contributed by atoms with van der Waals surface area (Å²) in [6.07, 6.45) is 4.68. The first-order valence-electron chi connectivity index (χ1n) is 7.21. The Morgan fingerprint density at radius 1 is 1.08 bits per heavy atom. The molecule has 116 valence electrons. The van der Waals surface area contributed by atoms with Crippen LogP contribution in [0, 0.1) is 11.3 Å². The van der Waals surface area contributed by atoms with Gasteiger partial charge >= 0.3 is 0 Å². The maximum atomic E-state index is 9.18. The van der Waals surface area contributed by atoms with Gasteiger partial charge in [0.05, 0.1) is 23.5 Å². The smallest absolute Gasteiger partial charge is 0.168 e. The lowest BCUT2D eigenvalue weighted by atomic mass is 10.3. The van der Waals surface area contributed by atoms with Gasteiger partial charge in [-0.2, -0.15) is 15.5 Å². The zero-order valence-electron chi connectivity index (χ0n) is 12.7. The summed E-state index contributed by atoms with van der Waals surface area (Å²) in [6, 6.07) is 11.8. The number of anilines is 2. The predicted octanol–water partition coefficient (Wildman–Crippen LogP) is 2.16. The fraction of sp³-hybridized carbons (Fsp3) is 0.0625. The van der Waals surface area contributed by atoms with Gasteiger partial charge in [0.2, 0.25) is 0 Å². The van der Waals surface area contributed by atoms with E-state index in [0.717, 1.165) is 11.1 Å². The number of aryl methyl sites for hydroxylation is 1. The summed E-state index contributed by atoms with van der Waals surface area (Å²) in [6.45, 7) is 0. The van der Waals surface area contributed by atoms with Gasteiger partial charge in [-0.1, -0.05) is 18.2 Å². The predicted molar refractivity (Wildman–Crippen MR) is 87.9 cm³/mol. The van der Waals surface area contributed by atoms with Crippen LogP contribution >= 0.6 is 0 Å². The highest BCUT2D eigenvalue weighted by Crippen LogP contribution is 2.25. The molecular weight excluding hydrogens is 304 g/mol. The molecule has 8 heteroatoms. The van der Waals surface area contributed by atoms with Gasteiger partial charge in [0, 0.05) is 7.05 Å². The molecule has 0 aliphatic carbocycles. The molecule has 3 heterocycles. The molecule has 0 saturated carbocycles. The lowest BCUT2D eigenvalue weighted by Crippen LogP contribution is -2.03. The molecule has 8 nitrogen and oxygen atoms in total. The maximum Gasteiger partial charge on any atom is 0.168 e. The average Bonchev–Trinajstić information content (AvgIpc) is 3.20. The summed E-state index contributed by atoms with van der Waals surface area (Å²) >= 11 is 0. The number of hydrogen-bond donors (Lipinski definition) is 1. The molecule has 24 heavy (non-hydrogen) atoms. The number of nitriles is 1. The van der Waals surface area contributed by atoms with Crippen molar-refractivity contribution in [1.82, 2.24) is 29.5 Å². The highest BCUT2D eigenvalue weighted by atomic mass is 15.3. The molecule has 0 amide bonds. The fourth-order valence-corrected chi connectivity index (χ4v) is 2.48. The largest absolute Gasteiger partial charge is 0.323 e. The first-order chi connectivity index (χ1) is 11.8. The number of para-hydroxylation sites is 1. The van der Waals surface area contributed by atoms with Crippen LogP contribution in [0.2, 0.25) is 0 Å². The second-order valence-corrected chi connectivity index (χ2v) is 5.12. The van der Waals surface area contributed by atoms with E-state index in [4.69, 9.17) is 0 Å². The Balaban J connectivity index is 1.82. The van der Waals surface area contributed by atoms with Crippen molar-refractivity contribution in [2.24, 2.45) is 7.05 Å². The van der Waals surface area contributed by atoms with Crippen molar-refractivity contribution in [3.05, 3.63) is 54.6 Å². The number of fused-ring (bicyclic) bond motifs is 1. The van der Waals surface area contributed by atoms with Gasteiger partial charge < -0.3 is 5.32 Å². The van der Waals surface area contributed by atoms with E-state index in [1.807, 2.05) is 30.3 Å². The third-order valence-corrected chi connectivity index (χ3v) is 3.66. The highest BCUT2D eigenvalue weighted by molar-refractivity contribution is 5.89. The third kappa shape index (κ3) is 2.16. The monoisotopic (exact) mass is 316 g/mol. The molecule has 0 bridgehead atoms. The van der Waals surface area contributed by atoms with Gasteiger partial charge in [-0.05, 0) is 12.1 Å². The molecule has 0 aliphatic heterocycles. The van der Waals surface area contributed by atoms with E-state index in [9.17, 15) is 5.26 Å². The second-order valence-electron chi connectivity index (χ2n) is 5.12. The van der Waals surface area contributed by atoms with E-state index in [-0.39, 0.29) is 0 Å². The highest BCUT2D eigenvalue weighted by Gasteiger charge is 2.14. The molecular formula is C16H12N8. The molecule has 0 radical (unpaired) electrons. The van der Waals surface area contributed by atoms with Crippen molar-refractivity contribution in [2.75, 3.05) is 5.32 Å². The molecule has 1 N–H and O–H groups in total. The van der Waals surface area contributed by atoms with Gasteiger partial charge in [0.1, 0.15) is 29.6 Å². The minimum Gasteiger partial charge on any atom is -0.323 e. The Kier molecular flexibility index (Phi) is 3.17. The second kappa shape index (κ2) is 5.48. The minimum absolute atomic E-state index is 0.444. The van der Waals surface area contributed by atoms with Gasteiger partial charge in [-0.15, -0.1) is 0 Å². The minimum atomic E-state index is 0.444. The number of hydrogen-bond acceptors (Lipinski definition) is 6. The summed E-state index contributed by atoms with van der Waals surface area (Å²) in [5.41, 5.74) is 2.04. The van der Waals surface area contributed by atoms with Crippen molar-refractivity contribution in [1.29, 1.82) is 5.26 Å². The van der Waals surface area contributed by atoms with Crippen molar-refractivity contribution >= 4 is 22.7 Å². The van der Waals surface area contributed by atoms with Gasteiger partial charge in [-0.25, -0.2) is 14.6 Å². The van der Waals surface area contributed by atoms with Crippen LogP contribution in [0.25, 0.3) is 16.7 Å². The molecule has 0 fully saturated rings. The molecule has 1 aromatic carbocycles. The number of benzene rings is 1. The normalized spacial score (nSPS) is 10.7. The van der Waals surface area contributed by atoms with E-state index >= 15 is 0 Å². The van der Waals surface area contributed by atoms with Crippen molar-refractivity contribution < 1.29 is 0 Å². The number of nitrogens with one attached hydrogen (secondary N) is 1. The fourth-order valence-electron chi connectivity index (χ4n) is 2.48. The molecule has 3 aromatic heterocycles.